The Morgan fingerprint density at radius 3 is 1.80 bits per heavy atom. The predicted molar refractivity (Wildman–Crippen MR) is 28.0 cm³/mol. The van der Waals surface area contributed by atoms with E-state index in [0.717, 1.165) is 12.3 Å². The van der Waals surface area contributed by atoms with Crippen LogP contribution in [0.5, 0.6) is 0 Å². The van der Waals surface area contributed by atoms with Gasteiger partial charge in [-0.15, -0.1) is 0 Å². The van der Waals surface area contributed by atoms with Crippen molar-refractivity contribution in [2.75, 3.05) is 12.3 Å². The fraction of sp³-hybridized carbons (Fsp3) is 0.667. The molecule has 0 aromatic heterocycles. The van der Waals surface area contributed by atoms with Gasteiger partial charge in [0.05, 0.1) is 6.54 Å². The molecule has 0 aliphatic heterocycles. The van der Waals surface area contributed by atoms with Crippen LogP contribution >= 0.6 is 12.6 Å². The predicted octanol–water partition coefficient (Wildman–Crippen LogP) is -0.392. The highest BCUT2D eigenvalue weighted by atomic mass is 32.1. The molecule has 0 aromatic carbocycles. The fourth-order valence-electron chi connectivity index (χ4n) is 0. The first-order valence-corrected chi connectivity index (χ1v) is 1.95. The van der Waals surface area contributed by atoms with Crippen molar-refractivity contribution in [2.24, 2.45) is 0 Å². The van der Waals surface area contributed by atoms with Crippen molar-refractivity contribution < 1.29 is 5.73 Å². The average molecular weight is 93.2 g/mol. The third-order valence-corrected chi connectivity index (χ3v) is 0.474. The lowest BCUT2D eigenvalue weighted by atomic mass is 10.8. The van der Waals surface area contributed by atoms with E-state index in [4.69, 9.17) is 0 Å². The normalized spacial score (nSPS) is 6.00. The van der Waals surface area contributed by atoms with Gasteiger partial charge in [-0.25, -0.2) is 0 Å². The summed E-state index contributed by atoms with van der Waals surface area (Å²) in [5.41, 5.74) is 3.53. The van der Waals surface area contributed by atoms with Gasteiger partial charge in [0.1, 0.15) is 0 Å². The van der Waals surface area contributed by atoms with E-state index in [2.05, 4.69) is 18.4 Å². The molecule has 3 N–H and O–H groups in total. The molecule has 0 spiro atoms. The average Bonchev–Trinajstić information content (AvgIpc) is 1.37. The van der Waals surface area contributed by atoms with Crippen molar-refractivity contribution in [1.82, 2.24) is 0 Å². The Labute approximate surface area is 39.0 Å². The molecular weight excluding hydrogens is 82.1 g/mol. The zero-order chi connectivity index (χ0) is 3.41. The molecule has 0 fully saturated rings. The lowest BCUT2D eigenvalue weighted by Gasteiger charge is -1.66. The van der Waals surface area contributed by atoms with Crippen LogP contribution in [0.25, 0.3) is 0 Å². The van der Waals surface area contributed by atoms with Crippen LogP contribution in [0.3, 0.4) is 0 Å². The van der Waals surface area contributed by atoms with Crippen LogP contribution in [0, 0.1) is 7.43 Å². The zero-order valence-corrected chi connectivity index (χ0v) is 4.46. The topological polar surface area (TPSA) is 27.6 Å². The highest BCUT2D eigenvalue weighted by Crippen LogP contribution is 1.56. The quantitative estimate of drug-likeness (QED) is 0.326. The zero-order valence-electron chi connectivity index (χ0n) is 3.57. The molecular formula is C3H11NS. The molecule has 0 rings (SSSR count). The Balaban J connectivity index is 0. The van der Waals surface area contributed by atoms with Gasteiger partial charge in [0.2, 0.25) is 0 Å². The molecule has 34 valence electrons. The molecule has 0 unspecified atom stereocenters. The Morgan fingerprint density at radius 2 is 1.80 bits per heavy atom. The van der Waals surface area contributed by atoms with Crippen molar-refractivity contribution in [1.29, 1.82) is 0 Å². The fourth-order valence-corrected chi connectivity index (χ4v) is 0. The van der Waals surface area contributed by atoms with Crippen LogP contribution in [0.1, 0.15) is 0 Å². The lowest BCUT2D eigenvalue weighted by molar-refractivity contribution is -0.360. The largest absolute Gasteiger partial charge is 0.358 e. The minimum atomic E-state index is 0. The van der Waals surface area contributed by atoms with Crippen LogP contribution in [0.15, 0.2) is 0 Å². The van der Waals surface area contributed by atoms with Crippen molar-refractivity contribution >= 4 is 12.6 Å². The third-order valence-electron chi connectivity index (χ3n) is 0.158. The van der Waals surface area contributed by atoms with Crippen molar-refractivity contribution in [3.8, 4) is 0 Å². The van der Waals surface area contributed by atoms with Gasteiger partial charge in [-0.1, -0.05) is 0 Å². The monoisotopic (exact) mass is 93.1 g/mol. The number of thiol groups is 1. The van der Waals surface area contributed by atoms with Gasteiger partial charge in [-0.3, -0.25) is 0 Å². The van der Waals surface area contributed by atoms with Gasteiger partial charge in [-0.05, 0) is 0 Å². The highest BCUT2D eigenvalue weighted by molar-refractivity contribution is 7.80. The number of rotatable bonds is 1. The second kappa shape index (κ2) is 8.85. The lowest BCUT2D eigenvalue weighted by Crippen LogP contribution is -2.51. The Bertz CT molecular complexity index is 8.85. The van der Waals surface area contributed by atoms with E-state index in [1.165, 1.54) is 0 Å². The van der Waals surface area contributed by atoms with E-state index in [1.807, 2.05) is 0 Å². The van der Waals surface area contributed by atoms with E-state index < -0.39 is 0 Å². The summed E-state index contributed by atoms with van der Waals surface area (Å²) < 4.78 is 0. The summed E-state index contributed by atoms with van der Waals surface area (Å²) in [6, 6.07) is 0. The SMILES string of the molecule is [CH3-].[NH3+]CCS. The molecule has 1 nitrogen and oxygen atoms in total. The number of hydrogen-bond donors (Lipinski definition) is 2. The first kappa shape index (κ1) is 9.00. The highest BCUT2D eigenvalue weighted by Gasteiger charge is 1.60. The molecule has 0 aliphatic rings. The van der Waals surface area contributed by atoms with Crippen LogP contribution in [-0.4, -0.2) is 12.3 Å². The maximum absolute atomic E-state index is 3.86. The molecule has 0 bridgehead atoms. The Hall–Kier alpha value is 0.310. The molecule has 5 heavy (non-hydrogen) atoms. The van der Waals surface area contributed by atoms with E-state index in [0.29, 0.717) is 0 Å². The van der Waals surface area contributed by atoms with Gasteiger partial charge >= 0.3 is 0 Å². The summed E-state index contributed by atoms with van der Waals surface area (Å²) in [4.78, 5) is 0. The maximum atomic E-state index is 3.86. The van der Waals surface area contributed by atoms with Crippen molar-refractivity contribution in [3.63, 3.8) is 0 Å². The molecule has 0 amide bonds. The summed E-state index contributed by atoms with van der Waals surface area (Å²) >= 11 is 3.86. The minimum Gasteiger partial charge on any atom is -0.358 e. The van der Waals surface area contributed by atoms with Crippen LogP contribution < -0.4 is 5.73 Å². The van der Waals surface area contributed by atoms with Gasteiger partial charge in [-0.2, -0.15) is 12.6 Å². The van der Waals surface area contributed by atoms with E-state index >= 15 is 0 Å². The van der Waals surface area contributed by atoms with Gasteiger partial charge in [0.15, 0.2) is 0 Å². The summed E-state index contributed by atoms with van der Waals surface area (Å²) in [5.74, 6) is 0.903. The molecule has 0 saturated heterocycles. The Morgan fingerprint density at radius 1 is 1.60 bits per heavy atom. The maximum Gasteiger partial charge on any atom is 0.0829 e. The smallest absolute Gasteiger partial charge is 0.0829 e. The van der Waals surface area contributed by atoms with Gasteiger partial charge in [0, 0.05) is 5.75 Å². The first-order valence-electron chi connectivity index (χ1n) is 1.32. The Kier molecular flexibility index (Phi) is 15.9. The van der Waals surface area contributed by atoms with Gasteiger partial charge in [0.25, 0.3) is 0 Å². The summed E-state index contributed by atoms with van der Waals surface area (Å²) in [6.07, 6.45) is 0. The molecule has 0 atom stereocenters. The van der Waals surface area contributed by atoms with Crippen molar-refractivity contribution in [2.45, 2.75) is 0 Å². The summed E-state index contributed by atoms with van der Waals surface area (Å²) in [5, 5.41) is 0. The molecule has 0 heterocycles. The molecule has 0 aliphatic carbocycles. The van der Waals surface area contributed by atoms with Crippen LogP contribution in [0.4, 0.5) is 0 Å². The number of hydrogen-bond acceptors (Lipinski definition) is 1. The first-order chi connectivity index (χ1) is 1.91. The number of quaternary nitrogens is 1. The summed E-state index contributed by atoms with van der Waals surface area (Å²) in [6.45, 7) is 0.934. The van der Waals surface area contributed by atoms with Crippen LogP contribution in [0.2, 0.25) is 0 Å². The van der Waals surface area contributed by atoms with Crippen molar-refractivity contribution in [3.05, 3.63) is 7.43 Å². The second-order valence-corrected chi connectivity index (χ2v) is 1.02. The van der Waals surface area contributed by atoms with Crippen LogP contribution in [-0.2, 0) is 0 Å². The van der Waals surface area contributed by atoms with E-state index in [9.17, 15) is 0 Å². The molecule has 0 aromatic rings. The standard InChI is InChI=1S/C2H7NS.CH3/c3-1-2-4;/h4H,1-3H2;1H3/q;-1/p+1. The molecule has 2 heteroatoms. The van der Waals surface area contributed by atoms with E-state index in [-0.39, 0.29) is 7.43 Å². The second-order valence-electron chi connectivity index (χ2n) is 0.577. The molecule has 0 saturated carbocycles. The molecule has 0 radical (unpaired) electrons. The minimum absolute atomic E-state index is 0. The van der Waals surface area contributed by atoms with E-state index in [1.54, 1.807) is 0 Å². The van der Waals surface area contributed by atoms with Gasteiger partial charge < -0.3 is 13.2 Å². The third kappa shape index (κ3) is 13.4. The summed E-state index contributed by atoms with van der Waals surface area (Å²) in [7, 11) is 0.